The lowest BCUT2D eigenvalue weighted by Crippen LogP contribution is -2.27. The highest BCUT2D eigenvalue weighted by molar-refractivity contribution is 6.05. The lowest BCUT2D eigenvalue weighted by Gasteiger charge is -2.18. The van der Waals surface area contributed by atoms with Gasteiger partial charge in [-0.3, -0.25) is 9.59 Å². The zero-order valence-corrected chi connectivity index (χ0v) is 19.2. The zero-order valence-electron chi connectivity index (χ0n) is 19.2. The molecule has 0 bridgehead atoms. The van der Waals surface area contributed by atoms with Gasteiger partial charge in [-0.05, 0) is 55.6 Å². The van der Waals surface area contributed by atoms with Crippen molar-refractivity contribution in [3.05, 3.63) is 72.8 Å². The molecule has 174 valence electrons. The van der Waals surface area contributed by atoms with E-state index >= 15 is 0 Å². The molecule has 3 rings (SSSR count). The first kappa shape index (κ1) is 24.0. The minimum atomic E-state index is -0.250. The highest BCUT2D eigenvalue weighted by atomic mass is 16.5. The molecule has 0 aliphatic rings. The fraction of sp³-hybridized carbons (Fsp3) is 0.320. The van der Waals surface area contributed by atoms with Crippen molar-refractivity contribution in [1.82, 2.24) is 14.5 Å². The zero-order chi connectivity index (χ0) is 23.5. The highest BCUT2D eigenvalue weighted by Crippen LogP contribution is 2.18. The van der Waals surface area contributed by atoms with E-state index in [1.807, 2.05) is 35.0 Å². The summed E-state index contributed by atoms with van der Waals surface area (Å²) in [5, 5.41) is 5.71. The molecule has 1 aromatic heterocycles. The molecule has 1 heterocycles. The van der Waals surface area contributed by atoms with Crippen molar-refractivity contribution in [3.8, 4) is 5.75 Å². The number of hydrogen-bond donors (Lipinski definition) is 2. The van der Waals surface area contributed by atoms with Crippen molar-refractivity contribution in [2.24, 2.45) is 0 Å². The fourth-order valence-electron chi connectivity index (χ4n) is 3.28. The third-order valence-corrected chi connectivity index (χ3v) is 5.25. The predicted molar refractivity (Wildman–Crippen MR) is 130 cm³/mol. The molecule has 2 amide bonds. The molecule has 0 saturated heterocycles. The molecular formula is C25H31N5O3. The Bertz CT molecular complexity index is 1010. The maximum atomic E-state index is 12.7. The van der Waals surface area contributed by atoms with E-state index in [0.717, 1.165) is 25.4 Å². The smallest absolute Gasteiger partial charge is 0.255 e. The normalized spacial score (nSPS) is 10.8. The SMILES string of the molecule is CCN(CC)CCOc1ccc(NC(=O)c2cccc(NC(=O)CCn3ccnc3)c2)cc1. The van der Waals surface area contributed by atoms with Gasteiger partial charge in [-0.25, -0.2) is 4.98 Å². The van der Waals surface area contributed by atoms with Crippen molar-refractivity contribution >= 4 is 23.2 Å². The van der Waals surface area contributed by atoms with Gasteiger partial charge in [0, 0.05) is 48.8 Å². The average molecular weight is 450 g/mol. The number of likely N-dealkylation sites (N-methyl/N-ethyl adjacent to an activating group) is 1. The molecule has 0 unspecified atom stereocenters. The molecule has 8 nitrogen and oxygen atoms in total. The Morgan fingerprint density at radius 2 is 1.82 bits per heavy atom. The maximum Gasteiger partial charge on any atom is 0.255 e. The van der Waals surface area contributed by atoms with Crippen LogP contribution in [0.3, 0.4) is 0 Å². The summed E-state index contributed by atoms with van der Waals surface area (Å²) in [4.78, 5) is 31.1. The fourth-order valence-corrected chi connectivity index (χ4v) is 3.28. The molecule has 0 aliphatic carbocycles. The van der Waals surface area contributed by atoms with Crippen LogP contribution in [0.1, 0.15) is 30.6 Å². The number of carbonyl (C=O) groups is 2. The Balaban J connectivity index is 1.49. The topological polar surface area (TPSA) is 88.5 Å². The highest BCUT2D eigenvalue weighted by Gasteiger charge is 2.09. The number of nitrogens with one attached hydrogen (secondary N) is 2. The molecule has 0 spiro atoms. The number of aromatic nitrogens is 2. The third-order valence-electron chi connectivity index (χ3n) is 5.25. The monoisotopic (exact) mass is 449 g/mol. The summed E-state index contributed by atoms with van der Waals surface area (Å²) >= 11 is 0. The van der Waals surface area contributed by atoms with Gasteiger partial charge < -0.3 is 24.8 Å². The van der Waals surface area contributed by atoms with Crippen molar-refractivity contribution in [2.75, 3.05) is 36.9 Å². The van der Waals surface area contributed by atoms with Crippen molar-refractivity contribution in [1.29, 1.82) is 0 Å². The van der Waals surface area contributed by atoms with Crippen LogP contribution in [0.2, 0.25) is 0 Å². The van der Waals surface area contributed by atoms with Crippen LogP contribution in [-0.4, -0.2) is 52.5 Å². The predicted octanol–water partition coefficient (Wildman–Crippen LogP) is 3.88. The number of imidazole rings is 1. The summed E-state index contributed by atoms with van der Waals surface area (Å²) in [6.07, 6.45) is 5.47. The summed E-state index contributed by atoms with van der Waals surface area (Å²) in [5.74, 6) is 0.387. The van der Waals surface area contributed by atoms with Crippen LogP contribution in [0.15, 0.2) is 67.3 Å². The Morgan fingerprint density at radius 1 is 1.03 bits per heavy atom. The van der Waals surface area contributed by atoms with Crippen LogP contribution in [-0.2, 0) is 11.3 Å². The summed E-state index contributed by atoms with van der Waals surface area (Å²) in [5.41, 5.74) is 1.71. The van der Waals surface area contributed by atoms with Gasteiger partial charge in [-0.2, -0.15) is 0 Å². The quantitative estimate of drug-likeness (QED) is 0.438. The van der Waals surface area contributed by atoms with Crippen LogP contribution < -0.4 is 15.4 Å². The van der Waals surface area contributed by atoms with Crippen LogP contribution in [0.5, 0.6) is 5.75 Å². The number of rotatable bonds is 12. The minimum absolute atomic E-state index is 0.127. The molecule has 0 saturated carbocycles. The first-order chi connectivity index (χ1) is 16.1. The van der Waals surface area contributed by atoms with Gasteiger partial charge in [0.15, 0.2) is 0 Å². The Morgan fingerprint density at radius 3 is 2.52 bits per heavy atom. The van der Waals surface area contributed by atoms with Gasteiger partial charge in [0.2, 0.25) is 5.91 Å². The number of aryl methyl sites for hydroxylation is 1. The van der Waals surface area contributed by atoms with Gasteiger partial charge >= 0.3 is 0 Å². The molecule has 33 heavy (non-hydrogen) atoms. The Hall–Kier alpha value is -3.65. The second-order valence-corrected chi connectivity index (χ2v) is 7.53. The molecule has 0 radical (unpaired) electrons. The lowest BCUT2D eigenvalue weighted by atomic mass is 10.1. The van der Waals surface area contributed by atoms with E-state index in [-0.39, 0.29) is 11.8 Å². The number of hydrogen-bond acceptors (Lipinski definition) is 5. The van der Waals surface area contributed by atoms with Crippen LogP contribution >= 0.6 is 0 Å². The van der Waals surface area contributed by atoms with Crippen molar-refractivity contribution < 1.29 is 14.3 Å². The molecule has 0 aliphatic heterocycles. The Labute approximate surface area is 194 Å². The summed E-state index contributed by atoms with van der Waals surface area (Å²) in [6, 6.07) is 14.2. The maximum absolute atomic E-state index is 12.7. The number of carbonyl (C=O) groups excluding carboxylic acids is 2. The average Bonchev–Trinajstić information content (AvgIpc) is 3.35. The van der Waals surface area contributed by atoms with E-state index in [4.69, 9.17) is 4.74 Å². The second-order valence-electron chi connectivity index (χ2n) is 7.53. The summed E-state index contributed by atoms with van der Waals surface area (Å²) < 4.78 is 7.62. The molecular weight excluding hydrogens is 418 g/mol. The number of ether oxygens (including phenoxy) is 1. The first-order valence-electron chi connectivity index (χ1n) is 11.2. The van der Waals surface area contributed by atoms with Gasteiger partial charge in [-0.1, -0.05) is 19.9 Å². The summed E-state index contributed by atoms with van der Waals surface area (Å²) in [7, 11) is 0. The number of benzene rings is 2. The van der Waals surface area contributed by atoms with Gasteiger partial charge in [0.05, 0.1) is 6.33 Å². The van der Waals surface area contributed by atoms with Crippen LogP contribution in [0.4, 0.5) is 11.4 Å². The van der Waals surface area contributed by atoms with E-state index in [0.29, 0.717) is 36.5 Å². The van der Waals surface area contributed by atoms with Gasteiger partial charge in [0.1, 0.15) is 12.4 Å². The van der Waals surface area contributed by atoms with E-state index in [1.165, 1.54) is 0 Å². The number of amides is 2. The van der Waals surface area contributed by atoms with Crippen LogP contribution in [0, 0.1) is 0 Å². The molecule has 0 atom stereocenters. The minimum Gasteiger partial charge on any atom is -0.492 e. The molecule has 8 heteroatoms. The van der Waals surface area contributed by atoms with Gasteiger partial charge in [-0.15, -0.1) is 0 Å². The summed E-state index contributed by atoms with van der Waals surface area (Å²) in [6.45, 7) is 8.31. The van der Waals surface area contributed by atoms with Crippen molar-refractivity contribution in [3.63, 3.8) is 0 Å². The molecule has 3 aromatic rings. The number of anilines is 2. The van der Waals surface area contributed by atoms with E-state index < -0.39 is 0 Å². The van der Waals surface area contributed by atoms with Crippen LogP contribution in [0.25, 0.3) is 0 Å². The van der Waals surface area contributed by atoms with E-state index in [1.54, 1.807) is 36.8 Å². The van der Waals surface area contributed by atoms with E-state index in [2.05, 4.69) is 34.4 Å². The van der Waals surface area contributed by atoms with Crippen molar-refractivity contribution in [2.45, 2.75) is 26.8 Å². The third kappa shape index (κ3) is 7.76. The van der Waals surface area contributed by atoms with Gasteiger partial charge in [0.25, 0.3) is 5.91 Å². The molecule has 0 fully saturated rings. The van der Waals surface area contributed by atoms with E-state index in [9.17, 15) is 9.59 Å². The largest absolute Gasteiger partial charge is 0.492 e. The first-order valence-corrected chi connectivity index (χ1v) is 11.2. The second kappa shape index (κ2) is 12.4. The molecule has 2 aromatic carbocycles. The number of nitrogens with zero attached hydrogens (tertiary/aromatic N) is 3. The Kier molecular flexibility index (Phi) is 9.02. The standard InChI is InChI=1S/C25H31N5O3/c1-3-29(4-2)16-17-33-23-10-8-21(9-11-23)28-25(32)20-6-5-7-22(18-20)27-24(31)12-14-30-15-13-26-19-30/h5-11,13,15,18-19H,3-4,12,14,16-17H2,1-2H3,(H,27,31)(H,28,32). The lowest BCUT2D eigenvalue weighted by molar-refractivity contribution is -0.116. The molecule has 2 N–H and O–H groups in total.